The first-order valence-corrected chi connectivity index (χ1v) is 12.2. The number of hydrogen-bond donors (Lipinski definition) is 1. The summed E-state index contributed by atoms with van der Waals surface area (Å²) >= 11 is 9.48. The van der Waals surface area contributed by atoms with Crippen LogP contribution in [0, 0.1) is 17.8 Å². The highest BCUT2D eigenvalue weighted by molar-refractivity contribution is 9.12. The first kappa shape index (κ1) is 23.1. The van der Waals surface area contributed by atoms with E-state index in [4.69, 9.17) is 16.3 Å². The molecule has 0 saturated carbocycles. The molecule has 34 heavy (non-hydrogen) atoms. The molecule has 2 amide bonds. The largest absolute Gasteiger partial charge is 0.503 e. The standard InChI is InChI=1S/C25H21BrClNO6/c1-3-28-24(32)12-5-4-11-13(20(12)25(28)33)8-14-21(17(29)9-15(26)22(14)30)19(11)10-6-16(27)23(31)18(7-10)34-2/h4,6-7,9,12-13,19-20,31H,3,5,8H2,1-2H3/t12-,13+,19-,20-/m0/s1. The van der Waals surface area contributed by atoms with Crippen LogP contribution in [0.25, 0.3) is 0 Å². The van der Waals surface area contributed by atoms with E-state index in [2.05, 4.69) is 15.9 Å². The molecule has 4 aliphatic rings. The molecular formula is C25H21BrClNO6. The maximum Gasteiger partial charge on any atom is 0.233 e. The number of benzene rings is 1. The van der Waals surface area contributed by atoms with Gasteiger partial charge in [0.05, 0.1) is 28.5 Å². The van der Waals surface area contributed by atoms with Crippen LogP contribution in [0.5, 0.6) is 11.5 Å². The van der Waals surface area contributed by atoms with E-state index in [1.54, 1.807) is 19.1 Å². The minimum Gasteiger partial charge on any atom is -0.503 e. The van der Waals surface area contributed by atoms with Crippen molar-refractivity contribution >= 4 is 50.9 Å². The number of imide groups is 1. The minimum atomic E-state index is -0.659. The molecule has 1 saturated heterocycles. The summed E-state index contributed by atoms with van der Waals surface area (Å²) in [6.07, 6.45) is 3.78. The number of nitrogens with zero attached hydrogens (tertiary/aromatic N) is 1. The number of Topliss-reactive ketones (excluding diaryl/α,β-unsaturated/α-hetero) is 1. The van der Waals surface area contributed by atoms with Crippen molar-refractivity contribution in [2.45, 2.75) is 25.7 Å². The summed E-state index contributed by atoms with van der Waals surface area (Å²) in [7, 11) is 1.39. The average molecular weight is 547 g/mol. The summed E-state index contributed by atoms with van der Waals surface area (Å²) in [4.78, 5) is 53.8. The number of rotatable bonds is 3. The Labute approximate surface area is 209 Å². The van der Waals surface area contributed by atoms with Gasteiger partial charge in [0.25, 0.3) is 0 Å². The van der Waals surface area contributed by atoms with Crippen molar-refractivity contribution in [3.63, 3.8) is 0 Å². The number of methoxy groups -OCH3 is 1. The number of fused-ring (bicyclic) bond motifs is 3. The highest BCUT2D eigenvalue weighted by Gasteiger charge is 2.56. The van der Waals surface area contributed by atoms with Gasteiger partial charge in [-0.25, -0.2) is 0 Å². The molecule has 1 aromatic rings. The molecule has 1 N–H and O–H groups in total. The molecule has 5 rings (SSSR count). The number of carbonyl (C=O) groups excluding carboxylic acids is 4. The van der Waals surface area contributed by atoms with Gasteiger partial charge in [-0.05, 0) is 59.3 Å². The number of aromatic hydroxyl groups is 1. The van der Waals surface area contributed by atoms with Crippen molar-refractivity contribution in [2.75, 3.05) is 13.7 Å². The molecule has 3 aliphatic carbocycles. The summed E-state index contributed by atoms with van der Waals surface area (Å²) in [5, 5.41) is 10.3. The fourth-order valence-corrected chi connectivity index (χ4v) is 6.55. The lowest BCUT2D eigenvalue weighted by Crippen LogP contribution is -2.39. The topological polar surface area (TPSA) is 101 Å². The molecular weight excluding hydrogens is 526 g/mol. The first-order valence-electron chi connectivity index (χ1n) is 11.0. The van der Waals surface area contributed by atoms with Gasteiger partial charge in [0, 0.05) is 29.7 Å². The second kappa shape index (κ2) is 8.20. The molecule has 0 bridgehead atoms. The zero-order valence-electron chi connectivity index (χ0n) is 18.4. The number of phenolic OH excluding ortho intramolecular Hbond substituents is 1. The Bertz CT molecular complexity index is 1280. The van der Waals surface area contributed by atoms with E-state index in [9.17, 15) is 24.3 Å². The van der Waals surface area contributed by atoms with E-state index >= 15 is 0 Å². The van der Waals surface area contributed by atoms with Crippen LogP contribution in [0.2, 0.25) is 5.02 Å². The quantitative estimate of drug-likeness (QED) is 0.351. The molecule has 0 spiro atoms. The van der Waals surface area contributed by atoms with Crippen LogP contribution in [0.4, 0.5) is 0 Å². The molecule has 7 nitrogen and oxygen atoms in total. The van der Waals surface area contributed by atoms with Gasteiger partial charge in [-0.1, -0.05) is 23.3 Å². The van der Waals surface area contributed by atoms with Gasteiger partial charge in [-0.3, -0.25) is 24.1 Å². The number of ether oxygens (including phenoxy) is 1. The summed E-state index contributed by atoms with van der Waals surface area (Å²) in [6, 6.07) is 3.14. The Balaban J connectivity index is 1.73. The highest BCUT2D eigenvalue weighted by atomic mass is 79.9. The van der Waals surface area contributed by atoms with Crippen LogP contribution in [0.15, 0.2) is 45.5 Å². The SMILES string of the molecule is CCN1C(=O)[C@H]2[C@H](CC=C3[C@H](c4cc(Cl)c(O)c(OC)c4)C4=C(C[C@H]32)C(=O)C(Br)=CC4=O)C1=O. The monoisotopic (exact) mass is 545 g/mol. The Morgan fingerprint density at radius 3 is 2.59 bits per heavy atom. The number of likely N-dealkylation sites (tertiary alicyclic amines) is 1. The second-order valence-corrected chi connectivity index (χ2v) is 10.1. The van der Waals surface area contributed by atoms with Gasteiger partial charge >= 0.3 is 0 Å². The van der Waals surface area contributed by atoms with Crippen LogP contribution in [-0.2, 0) is 19.2 Å². The van der Waals surface area contributed by atoms with Gasteiger partial charge in [-0.15, -0.1) is 0 Å². The van der Waals surface area contributed by atoms with Crippen molar-refractivity contribution in [3.8, 4) is 11.5 Å². The third kappa shape index (κ3) is 3.15. The smallest absolute Gasteiger partial charge is 0.233 e. The van der Waals surface area contributed by atoms with E-state index in [1.165, 1.54) is 18.1 Å². The van der Waals surface area contributed by atoms with Gasteiger partial charge < -0.3 is 9.84 Å². The lowest BCUT2D eigenvalue weighted by atomic mass is 9.59. The van der Waals surface area contributed by atoms with Crippen molar-refractivity contribution in [1.82, 2.24) is 4.90 Å². The van der Waals surface area contributed by atoms with E-state index in [1.807, 2.05) is 6.08 Å². The normalized spacial score (nSPS) is 28.4. The van der Waals surface area contributed by atoms with Crippen molar-refractivity contribution in [3.05, 3.63) is 56.1 Å². The number of carbonyl (C=O) groups is 4. The molecule has 0 unspecified atom stereocenters. The van der Waals surface area contributed by atoms with Gasteiger partial charge in [-0.2, -0.15) is 0 Å². The third-order valence-corrected chi connectivity index (χ3v) is 8.22. The number of allylic oxidation sites excluding steroid dienone is 6. The van der Waals surface area contributed by atoms with Crippen LogP contribution in [0.1, 0.15) is 31.2 Å². The Morgan fingerprint density at radius 2 is 1.91 bits per heavy atom. The predicted octanol–water partition coefficient (Wildman–Crippen LogP) is 3.84. The van der Waals surface area contributed by atoms with Crippen LogP contribution in [-0.4, -0.2) is 47.0 Å². The van der Waals surface area contributed by atoms with E-state index in [0.29, 0.717) is 29.7 Å². The number of ketones is 2. The average Bonchev–Trinajstić information content (AvgIpc) is 3.07. The van der Waals surface area contributed by atoms with E-state index in [-0.39, 0.29) is 50.8 Å². The zero-order chi connectivity index (χ0) is 24.5. The lowest BCUT2D eigenvalue weighted by molar-refractivity contribution is -0.139. The molecule has 176 valence electrons. The lowest BCUT2D eigenvalue weighted by Gasteiger charge is -2.42. The van der Waals surface area contributed by atoms with Crippen LogP contribution in [0.3, 0.4) is 0 Å². The summed E-state index contributed by atoms with van der Waals surface area (Å²) in [6.45, 7) is 2.06. The summed E-state index contributed by atoms with van der Waals surface area (Å²) in [5.74, 6) is -3.26. The Morgan fingerprint density at radius 1 is 1.18 bits per heavy atom. The molecule has 4 atom stereocenters. The molecule has 0 radical (unpaired) electrons. The fraction of sp³-hybridized carbons (Fsp3) is 0.360. The highest BCUT2D eigenvalue weighted by Crippen LogP contribution is 2.56. The maximum atomic E-state index is 13.3. The predicted molar refractivity (Wildman–Crippen MR) is 127 cm³/mol. The summed E-state index contributed by atoms with van der Waals surface area (Å²) in [5.41, 5.74) is 2.06. The first-order chi connectivity index (χ1) is 16.2. The molecule has 9 heteroatoms. The molecule has 0 aromatic heterocycles. The van der Waals surface area contributed by atoms with E-state index < -0.39 is 23.7 Å². The maximum absolute atomic E-state index is 13.3. The van der Waals surface area contributed by atoms with Gasteiger partial charge in [0.1, 0.15) is 0 Å². The fourth-order valence-electron chi connectivity index (χ4n) is 5.88. The summed E-state index contributed by atoms with van der Waals surface area (Å²) < 4.78 is 5.44. The Kier molecular flexibility index (Phi) is 5.56. The van der Waals surface area contributed by atoms with E-state index in [0.717, 1.165) is 5.57 Å². The van der Waals surface area contributed by atoms with Crippen LogP contribution >= 0.6 is 27.5 Å². The molecule has 1 fully saturated rings. The molecule has 1 heterocycles. The van der Waals surface area contributed by atoms with Crippen molar-refractivity contribution in [2.24, 2.45) is 17.8 Å². The van der Waals surface area contributed by atoms with Gasteiger partial charge in [0.2, 0.25) is 11.8 Å². The third-order valence-electron chi connectivity index (χ3n) is 7.34. The number of amides is 2. The number of halogens is 2. The van der Waals surface area contributed by atoms with Crippen molar-refractivity contribution < 1.29 is 29.0 Å². The Hall–Kier alpha value is -2.71. The van der Waals surface area contributed by atoms with Crippen molar-refractivity contribution in [1.29, 1.82) is 0 Å². The molecule has 1 aliphatic heterocycles. The van der Waals surface area contributed by atoms with Gasteiger partial charge in [0.15, 0.2) is 23.1 Å². The van der Waals surface area contributed by atoms with Crippen LogP contribution < -0.4 is 4.74 Å². The minimum absolute atomic E-state index is 0.0449. The molecule has 1 aromatic carbocycles. The number of phenols is 1. The zero-order valence-corrected chi connectivity index (χ0v) is 20.8. The second-order valence-electron chi connectivity index (χ2n) is 8.87. The number of hydrogen-bond acceptors (Lipinski definition) is 6.